The summed E-state index contributed by atoms with van der Waals surface area (Å²) < 4.78 is 0. The van der Waals surface area contributed by atoms with E-state index in [1.165, 1.54) is 31.3 Å². The Morgan fingerprint density at radius 3 is 2.71 bits per heavy atom. The van der Waals surface area contributed by atoms with Crippen molar-refractivity contribution in [2.24, 2.45) is 23.0 Å². The molecule has 0 aromatic rings. The predicted octanol–water partition coefficient (Wildman–Crippen LogP) is 3.85. The van der Waals surface area contributed by atoms with Crippen LogP contribution in [0, 0.1) is 17.3 Å². The van der Waals surface area contributed by atoms with E-state index >= 15 is 0 Å². The van der Waals surface area contributed by atoms with Gasteiger partial charge in [0.05, 0.1) is 5.38 Å². The van der Waals surface area contributed by atoms with Crippen molar-refractivity contribution in [3.05, 3.63) is 23.8 Å². The maximum Gasteiger partial charge on any atom is 0.219 e. The molecule has 1 amide bonds. The average Bonchev–Trinajstić information content (AvgIpc) is 3.13. The highest BCUT2D eigenvalue weighted by Gasteiger charge is 2.38. The molecule has 0 aromatic carbocycles. The fourth-order valence-electron chi connectivity index (χ4n) is 5.41. The van der Waals surface area contributed by atoms with Gasteiger partial charge < -0.3 is 16.0 Å². The molecule has 1 aliphatic heterocycles. The van der Waals surface area contributed by atoms with Gasteiger partial charge in [0, 0.05) is 25.6 Å². The van der Waals surface area contributed by atoms with Crippen LogP contribution in [-0.2, 0) is 4.79 Å². The van der Waals surface area contributed by atoms with Crippen LogP contribution >= 0.6 is 11.6 Å². The van der Waals surface area contributed by atoms with Gasteiger partial charge in [-0.05, 0) is 61.6 Å². The number of hydrogen-bond acceptors (Lipinski definition) is 3. The molecule has 4 nitrogen and oxygen atoms in total. The van der Waals surface area contributed by atoms with Crippen LogP contribution < -0.4 is 11.1 Å². The van der Waals surface area contributed by atoms with E-state index in [1.54, 1.807) is 0 Å². The van der Waals surface area contributed by atoms with Gasteiger partial charge in [-0.1, -0.05) is 44.9 Å². The van der Waals surface area contributed by atoms with Crippen molar-refractivity contribution in [2.45, 2.75) is 70.2 Å². The molecule has 158 valence electrons. The molecule has 28 heavy (non-hydrogen) atoms. The Bertz CT molecular complexity index is 595. The first-order chi connectivity index (χ1) is 13.3. The summed E-state index contributed by atoms with van der Waals surface area (Å²) in [6, 6.07) is 0.163. The fraction of sp³-hybridized carbons (Fsp3) is 0.783. The molecular formula is C23H38ClN3O. The third-order valence-corrected chi connectivity index (χ3v) is 7.21. The van der Waals surface area contributed by atoms with E-state index in [0.29, 0.717) is 12.3 Å². The Kier molecular flexibility index (Phi) is 7.63. The van der Waals surface area contributed by atoms with E-state index in [9.17, 15) is 4.79 Å². The molecule has 3 rings (SSSR count). The molecular weight excluding hydrogens is 370 g/mol. The number of piperidine rings is 1. The Morgan fingerprint density at radius 2 is 2.11 bits per heavy atom. The van der Waals surface area contributed by atoms with Crippen LogP contribution in [0.4, 0.5) is 0 Å². The lowest BCUT2D eigenvalue weighted by atomic mass is 9.69. The molecule has 3 aliphatic rings. The second-order valence-corrected chi connectivity index (χ2v) is 10.4. The summed E-state index contributed by atoms with van der Waals surface area (Å²) in [6.45, 7) is 8.80. The topological polar surface area (TPSA) is 58.4 Å². The lowest BCUT2D eigenvalue weighted by molar-refractivity contribution is -0.118. The molecule has 0 bridgehead atoms. The van der Waals surface area contributed by atoms with E-state index in [2.05, 4.69) is 42.3 Å². The van der Waals surface area contributed by atoms with Crippen LogP contribution in [-0.4, -0.2) is 48.4 Å². The van der Waals surface area contributed by atoms with Crippen molar-refractivity contribution in [3.8, 4) is 0 Å². The molecule has 0 aromatic heterocycles. The van der Waals surface area contributed by atoms with Crippen molar-refractivity contribution in [1.29, 1.82) is 0 Å². The van der Waals surface area contributed by atoms with Crippen molar-refractivity contribution in [1.82, 2.24) is 10.2 Å². The predicted molar refractivity (Wildman–Crippen MR) is 117 cm³/mol. The summed E-state index contributed by atoms with van der Waals surface area (Å²) in [5, 5.41) is 3.81. The van der Waals surface area contributed by atoms with Crippen LogP contribution in [0.3, 0.4) is 0 Å². The first kappa shape index (κ1) is 21.9. The minimum Gasteiger partial charge on any atom is -0.370 e. The molecule has 3 atom stereocenters. The molecule has 0 radical (unpaired) electrons. The Balaban J connectivity index is 1.55. The highest BCUT2D eigenvalue weighted by molar-refractivity contribution is 6.22. The summed E-state index contributed by atoms with van der Waals surface area (Å²) >= 11 is 6.21. The van der Waals surface area contributed by atoms with Gasteiger partial charge in [0.15, 0.2) is 0 Å². The number of carbonyl (C=O) groups excluding carboxylic acids is 1. The van der Waals surface area contributed by atoms with E-state index in [4.69, 9.17) is 17.3 Å². The fourth-order valence-corrected chi connectivity index (χ4v) is 5.58. The van der Waals surface area contributed by atoms with Gasteiger partial charge in [-0.15, -0.1) is 11.6 Å². The maximum absolute atomic E-state index is 11.6. The largest absolute Gasteiger partial charge is 0.370 e. The lowest BCUT2D eigenvalue weighted by Gasteiger charge is -2.46. The first-order valence-corrected chi connectivity index (χ1v) is 11.5. The zero-order valence-corrected chi connectivity index (χ0v) is 18.4. The Morgan fingerprint density at radius 1 is 1.36 bits per heavy atom. The number of hydrogen-bond donors (Lipinski definition) is 2. The minimum absolute atomic E-state index is 0.146. The summed E-state index contributed by atoms with van der Waals surface area (Å²) in [6.07, 6.45) is 14.6. The molecule has 1 saturated carbocycles. The Hall–Kier alpha value is -0.840. The van der Waals surface area contributed by atoms with Crippen LogP contribution in [0.25, 0.3) is 0 Å². The molecule has 1 saturated heterocycles. The van der Waals surface area contributed by atoms with Crippen LogP contribution in [0.1, 0.15) is 58.8 Å². The number of allylic oxidation sites excluding steroid dienone is 4. The van der Waals surface area contributed by atoms with Gasteiger partial charge in [-0.3, -0.25) is 4.79 Å². The second kappa shape index (κ2) is 9.77. The summed E-state index contributed by atoms with van der Waals surface area (Å²) in [4.78, 5) is 14.1. The quantitative estimate of drug-likeness (QED) is 0.601. The number of halogens is 1. The van der Waals surface area contributed by atoms with Gasteiger partial charge in [0.2, 0.25) is 5.91 Å². The number of rotatable bonds is 8. The van der Waals surface area contributed by atoms with Gasteiger partial charge in [-0.25, -0.2) is 0 Å². The van der Waals surface area contributed by atoms with Crippen molar-refractivity contribution in [3.63, 3.8) is 0 Å². The van der Waals surface area contributed by atoms with Crippen LogP contribution in [0.15, 0.2) is 23.8 Å². The van der Waals surface area contributed by atoms with Crippen molar-refractivity contribution in [2.75, 3.05) is 26.2 Å². The first-order valence-electron chi connectivity index (χ1n) is 11.1. The SMILES string of the molecule is CC1(C)CN(C[C@@H](CC(N)=O)NCC2CCCC2)CCC1C1=CCC(Cl)C=C1. The Labute approximate surface area is 175 Å². The monoisotopic (exact) mass is 407 g/mol. The van der Waals surface area contributed by atoms with Gasteiger partial charge in [0.25, 0.3) is 0 Å². The minimum atomic E-state index is -0.203. The third kappa shape index (κ3) is 6.08. The maximum atomic E-state index is 11.6. The average molecular weight is 408 g/mol. The normalized spacial score (nSPS) is 29.6. The van der Waals surface area contributed by atoms with E-state index in [-0.39, 0.29) is 22.7 Å². The summed E-state index contributed by atoms with van der Waals surface area (Å²) in [7, 11) is 0. The van der Waals surface area contributed by atoms with Crippen LogP contribution in [0.5, 0.6) is 0 Å². The van der Waals surface area contributed by atoms with E-state index in [0.717, 1.165) is 44.9 Å². The summed E-state index contributed by atoms with van der Waals surface area (Å²) in [5.74, 6) is 1.14. The van der Waals surface area contributed by atoms with Crippen molar-refractivity contribution < 1.29 is 4.79 Å². The molecule has 2 aliphatic carbocycles. The number of nitrogens with two attached hydrogens (primary N) is 1. The zero-order chi connectivity index (χ0) is 20.1. The number of carbonyl (C=O) groups is 1. The lowest BCUT2D eigenvalue weighted by Crippen LogP contribution is -2.51. The number of alkyl halides is 1. The van der Waals surface area contributed by atoms with Gasteiger partial charge in [-0.2, -0.15) is 0 Å². The third-order valence-electron chi connectivity index (χ3n) is 6.88. The van der Waals surface area contributed by atoms with Gasteiger partial charge in [0.1, 0.15) is 0 Å². The highest BCUT2D eigenvalue weighted by Crippen LogP contribution is 2.41. The molecule has 0 spiro atoms. The number of primary amides is 1. The molecule has 2 fully saturated rings. The smallest absolute Gasteiger partial charge is 0.219 e. The van der Waals surface area contributed by atoms with Crippen LogP contribution in [0.2, 0.25) is 0 Å². The molecule has 3 N–H and O–H groups in total. The molecule has 2 unspecified atom stereocenters. The second-order valence-electron chi connectivity index (χ2n) is 9.81. The molecule has 5 heteroatoms. The number of amides is 1. The standard InChI is InChI=1S/C23H38ClN3O/c1-23(2)16-27(12-11-21(23)18-7-9-19(24)10-8-18)15-20(13-22(25)28)26-14-17-5-3-4-6-17/h7-9,17,19-21,26H,3-6,10-16H2,1-2H3,(H2,25,28)/t19?,20-,21?/m1/s1. The molecule has 1 heterocycles. The number of likely N-dealkylation sites (tertiary alicyclic amines) is 1. The zero-order valence-electron chi connectivity index (χ0n) is 17.6. The number of nitrogens with zero attached hydrogens (tertiary/aromatic N) is 1. The number of nitrogens with one attached hydrogen (secondary N) is 1. The van der Waals surface area contributed by atoms with E-state index < -0.39 is 0 Å². The summed E-state index contributed by atoms with van der Waals surface area (Å²) in [5.41, 5.74) is 7.20. The highest BCUT2D eigenvalue weighted by atomic mass is 35.5. The van der Waals surface area contributed by atoms with Crippen molar-refractivity contribution >= 4 is 17.5 Å². The van der Waals surface area contributed by atoms with Gasteiger partial charge >= 0.3 is 0 Å². The van der Waals surface area contributed by atoms with E-state index in [1.807, 2.05) is 0 Å².